The molecule has 0 saturated carbocycles. The Morgan fingerprint density at radius 2 is 2.03 bits per heavy atom. The van der Waals surface area contributed by atoms with Gasteiger partial charge in [0.15, 0.2) is 0 Å². The van der Waals surface area contributed by atoms with Gasteiger partial charge in [-0.2, -0.15) is 5.10 Å². The summed E-state index contributed by atoms with van der Waals surface area (Å²) in [5.41, 5.74) is 2.67. The lowest BCUT2D eigenvalue weighted by Gasteiger charge is -2.19. The van der Waals surface area contributed by atoms with Crippen LogP contribution >= 0.6 is 11.6 Å². The highest BCUT2D eigenvalue weighted by atomic mass is 35.5. The molecule has 158 valence electrons. The van der Waals surface area contributed by atoms with Crippen LogP contribution in [0.3, 0.4) is 0 Å². The van der Waals surface area contributed by atoms with Gasteiger partial charge in [0.2, 0.25) is 0 Å². The van der Waals surface area contributed by atoms with E-state index in [0.29, 0.717) is 49.0 Å². The average molecular weight is 423 g/mol. The molecule has 0 N–H and O–H groups in total. The Hall–Kier alpha value is -2.32. The van der Waals surface area contributed by atoms with Gasteiger partial charge in [0, 0.05) is 57.0 Å². The molecule has 0 aliphatic carbocycles. The Balaban J connectivity index is 1.94. The third kappa shape index (κ3) is 4.33. The summed E-state index contributed by atoms with van der Waals surface area (Å²) in [6.45, 7) is 8.06. The van der Waals surface area contributed by atoms with Crippen molar-refractivity contribution in [3.05, 3.63) is 44.1 Å². The number of nitrogens with zero attached hydrogens (tertiary/aromatic N) is 4. The number of hydrogen-bond acceptors (Lipinski definition) is 6. The van der Waals surface area contributed by atoms with Crippen LogP contribution in [0.1, 0.15) is 41.2 Å². The van der Waals surface area contributed by atoms with Gasteiger partial charge in [-0.25, -0.2) is 4.79 Å². The van der Waals surface area contributed by atoms with Crippen LogP contribution in [0, 0.1) is 6.92 Å². The van der Waals surface area contributed by atoms with Crippen LogP contribution < -0.4 is 10.3 Å². The van der Waals surface area contributed by atoms with Crippen molar-refractivity contribution >= 4 is 17.6 Å². The summed E-state index contributed by atoms with van der Waals surface area (Å²) in [6, 6.07) is 1.38. The minimum Gasteiger partial charge on any atom is -0.490 e. The van der Waals surface area contributed by atoms with Crippen LogP contribution in [0.25, 0.3) is 0 Å². The molecule has 2 aromatic rings. The van der Waals surface area contributed by atoms with E-state index >= 15 is 0 Å². The molecule has 3 rings (SSSR count). The first kappa shape index (κ1) is 21.4. The molecule has 0 amide bonds. The maximum atomic E-state index is 12.7. The summed E-state index contributed by atoms with van der Waals surface area (Å²) in [5, 5.41) is 4.98. The number of pyridine rings is 1. The molecule has 2 aromatic heterocycles. The molecule has 8 nitrogen and oxygen atoms in total. The van der Waals surface area contributed by atoms with Crippen LogP contribution in [0.4, 0.5) is 0 Å². The van der Waals surface area contributed by atoms with Crippen LogP contribution in [0.15, 0.2) is 10.9 Å². The van der Waals surface area contributed by atoms with Crippen molar-refractivity contribution in [2.45, 2.75) is 46.4 Å². The second-order valence-electron chi connectivity index (χ2n) is 7.48. The maximum Gasteiger partial charge on any atom is 0.343 e. The number of aryl methyl sites for hydroxylation is 2. The van der Waals surface area contributed by atoms with E-state index in [9.17, 15) is 9.59 Å². The van der Waals surface area contributed by atoms with E-state index in [1.165, 1.54) is 13.2 Å². The number of fused-ring (bicyclic) bond motifs is 1. The van der Waals surface area contributed by atoms with Crippen molar-refractivity contribution in [1.29, 1.82) is 0 Å². The molecule has 0 fully saturated rings. The third-order valence-electron chi connectivity index (χ3n) is 5.09. The number of aromatic nitrogens is 3. The number of methoxy groups -OCH3 is 1. The standard InChI is InChI=1S/C20H27ClN4O4/c1-12(2)29-16-10-17(26)25-9-8-24(7-6-15(25)18(16)20(27)28-5)11-14-13(3)22-23(4)19(14)21/h10,12H,6-9,11H2,1-5H3. The van der Waals surface area contributed by atoms with E-state index in [2.05, 4.69) is 10.00 Å². The molecule has 0 spiro atoms. The van der Waals surface area contributed by atoms with E-state index in [4.69, 9.17) is 21.1 Å². The molecular weight excluding hydrogens is 396 g/mol. The number of halogens is 1. The van der Waals surface area contributed by atoms with Crippen LogP contribution in [0.2, 0.25) is 5.15 Å². The fraction of sp³-hybridized carbons (Fsp3) is 0.550. The summed E-state index contributed by atoms with van der Waals surface area (Å²) in [6.07, 6.45) is 0.352. The molecule has 29 heavy (non-hydrogen) atoms. The van der Waals surface area contributed by atoms with Gasteiger partial charge in [-0.05, 0) is 20.8 Å². The first-order valence-corrected chi connectivity index (χ1v) is 10.0. The number of carbonyl (C=O) groups is 1. The Labute approximate surface area is 175 Å². The summed E-state index contributed by atoms with van der Waals surface area (Å²) in [4.78, 5) is 27.5. The topological polar surface area (TPSA) is 78.6 Å². The van der Waals surface area contributed by atoms with Gasteiger partial charge in [0.05, 0.1) is 18.9 Å². The summed E-state index contributed by atoms with van der Waals surface area (Å²) in [7, 11) is 3.15. The molecule has 1 aliphatic rings. The Morgan fingerprint density at radius 3 is 2.62 bits per heavy atom. The van der Waals surface area contributed by atoms with Gasteiger partial charge in [0.25, 0.3) is 5.56 Å². The maximum absolute atomic E-state index is 12.7. The Kier molecular flexibility index (Phi) is 6.33. The number of hydrogen-bond donors (Lipinski definition) is 0. The van der Waals surface area contributed by atoms with Crippen molar-refractivity contribution in [3.63, 3.8) is 0 Å². The summed E-state index contributed by atoms with van der Waals surface area (Å²) in [5.74, 6) is -0.216. The largest absolute Gasteiger partial charge is 0.490 e. The molecule has 1 aliphatic heterocycles. The minimum atomic E-state index is -0.496. The zero-order chi connectivity index (χ0) is 21.3. The highest BCUT2D eigenvalue weighted by Gasteiger charge is 2.27. The quantitative estimate of drug-likeness (QED) is 0.687. The smallest absolute Gasteiger partial charge is 0.343 e. The molecule has 3 heterocycles. The highest BCUT2D eigenvalue weighted by Crippen LogP contribution is 2.26. The second kappa shape index (κ2) is 8.59. The zero-order valence-corrected chi connectivity index (χ0v) is 18.2. The molecule has 0 saturated heterocycles. The lowest BCUT2D eigenvalue weighted by molar-refractivity contribution is 0.0591. The molecular formula is C20H27ClN4O4. The van der Waals surface area contributed by atoms with Crippen molar-refractivity contribution < 1.29 is 14.3 Å². The number of ether oxygens (including phenoxy) is 2. The number of carbonyl (C=O) groups excluding carboxylic acids is 1. The molecule has 0 aromatic carbocycles. The first-order valence-electron chi connectivity index (χ1n) is 9.65. The zero-order valence-electron chi connectivity index (χ0n) is 17.5. The molecule has 0 bridgehead atoms. The first-order chi connectivity index (χ1) is 13.7. The predicted molar refractivity (Wildman–Crippen MR) is 110 cm³/mol. The van der Waals surface area contributed by atoms with Crippen LogP contribution in [-0.4, -0.2) is 51.5 Å². The number of esters is 1. The Bertz CT molecular complexity index is 980. The highest BCUT2D eigenvalue weighted by molar-refractivity contribution is 6.30. The van der Waals surface area contributed by atoms with Gasteiger partial charge in [-0.15, -0.1) is 0 Å². The van der Waals surface area contributed by atoms with Gasteiger partial charge in [-0.3, -0.25) is 14.4 Å². The summed E-state index contributed by atoms with van der Waals surface area (Å²) < 4.78 is 14.1. The Morgan fingerprint density at radius 1 is 1.31 bits per heavy atom. The van der Waals surface area contributed by atoms with Crippen LogP contribution in [-0.2, 0) is 31.3 Å². The van der Waals surface area contributed by atoms with E-state index in [1.54, 1.807) is 9.25 Å². The van der Waals surface area contributed by atoms with E-state index in [1.807, 2.05) is 27.8 Å². The number of rotatable bonds is 5. The van der Waals surface area contributed by atoms with Crippen molar-refractivity contribution in [2.75, 3.05) is 20.2 Å². The lowest BCUT2D eigenvalue weighted by atomic mass is 10.1. The minimum absolute atomic E-state index is 0.168. The average Bonchev–Trinajstić information content (AvgIpc) is 2.82. The SMILES string of the molecule is COC(=O)c1c(OC(C)C)cc(=O)n2c1CCN(Cc1c(C)nn(C)c1Cl)CC2. The summed E-state index contributed by atoms with van der Waals surface area (Å²) >= 11 is 6.38. The van der Waals surface area contributed by atoms with Gasteiger partial charge in [0.1, 0.15) is 16.5 Å². The molecule has 9 heteroatoms. The van der Waals surface area contributed by atoms with E-state index in [0.717, 1.165) is 11.3 Å². The van der Waals surface area contributed by atoms with Crippen LogP contribution in [0.5, 0.6) is 5.75 Å². The monoisotopic (exact) mass is 422 g/mol. The van der Waals surface area contributed by atoms with E-state index in [-0.39, 0.29) is 17.4 Å². The molecule has 0 atom stereocenters. The fourth-order valence-electron chi connectivity index (χ4n) is 3.70. The third-order valence-corrected chi connectivity index (χ3v) is 5.56. The fourth-order valence-corrected chi connectivity index (χ4v) is 3.93. The van der Waals surface area contributed by atoms with Crippen molar-refractivity contribution in [1.82, 2.24) is 19.2 Å². The predicted octanol–water partition coefficient (Wildman–Crippen LogP) is 2.18. The van der Waals surface area contributed by atoms with Crippen molar-refractivity contribution in [2.24, 2.45) is 7.05 Å². The van der Waals surface area contributed by atoms with Gasteiger partial charge < -0.3 is 14.0 Å². The van der Waals surface area contributed by atoms with E-state index < -0.39 is 5.97 Å². The van der Waals surface area contributed by atoms with Gasteiger partial charge in [-0.1, -0.05) is 11.6 Å². The molecule has 0 radical (unpaired) electrons. The lowest BCUT2D eigenvalue weighted by Crippen LogP contribution is -2.29. The normalized spacial score (nSPS) is 14.6. The van der Waals surface area contributed by atoms with Crippen molar-refractivity contribution in [3.8, 4) is 5.75 Å². The van der Waals surface area contributed by atoms with Gasteiger partial charge >= 0.3 is 5.97 Å². The molecule has 0 unspecified atom stereocenters. The second-order valence-corrected chi connectivity index (χ2v) is 7.84.